The summed E-state index contributed by atoms with van der Waals surface area (Å²) in [6.45, 7) is 7.11. The molecule has 0 aromatic heterocycles. The molecule has 0 aliphatic carbocycles. The van der Waals surface area contributed by atoms with Gasteiger partial charge in [-0.2, -0.15) is 0 Å². The van der Waals surface area contributed by atoms with E-state index in [0.29, 0.717) is 22.9 Å². The molecular weight excluding hydrogens is 344 g/mol. The molecule has 0 aliphatic heterocycles. The lowest BCUT2D eigenvalue weighted by atomic mass is 10.0. The monoisotopic (exact) mass is 368 g/mol. The van der Waals surface area contributed by atoms with Crippen LogP contribution in [0.3, 0.4) is 0 Å². The predicted octanol–water partition coefficient (Wildman–Crippen LogP) is 3.95. The van der Waals surface area contributed by atoms with E-state index < -0.39 is 18.0 Å². The van der Waals surface area contributed by atoms with E-state index in [1.54, 1.807) is 12.1 Å². The van der Waals surface area contributed by atoms with Crippen LogP contribution in [-0.4, -0.2) is 23.9 Å². The fraction of sp³-hybridized carbons (Fsp3) is 0.286. The number of hydrogen-bond donors (Lipinski definition) is 2. The lowest BCUT2D eigenvalue weighted by Gasteiger charge is -2.14. The van der Waals surface area contributed by atoms with Crippen molar-refractivity contribution in [1.29, 1.82) is 0 Å². The average molecular weight is 368 g/mol. The van der Waals surface area contributed by atoms with Gasteiger partial charge >= 0.3 is 5.97 Å². The number of carbonyl (C=O) groups is 3. The smallest absolute Gasteiger partial charge is 0.338 e. The van der Waals surface area contributed by atoms with Crippen molar-refractivity contribution in [2.75, 3.05) is 10.6 Å². The Hall–Kier alpha value is -3.15. The maximum atomic E-state index is 12.2. The van der Waals surface area contributed by atoms with E-state index in [4.69, 9.17) is 4.74 Å². The number of anilines is 2. The van der Waals surface area contributed by atoms with Gasteiger partial charge in [0.2, 0.25) is 5.91 Å². The fourth-order valence-corrected chi connectivity index (χ4v) is 2.37. The van der Waals surface area contributed by atoms with Crippen LogP contribution in [0.4, 0.5) is 11.4 Å². The second-order valence-corrected chi connectivity index (χ2v) is 6.57. The molecule has 6 heteroatoms. The van der Waals surface area contributed by atoms with Crippen LogP contribution in [-0.2, 0) is 14.3 Å². The molecule has 2 rings (SSSR count). The molecule has 0 heterocycles. The summed E-state index contributed by atoms with van der Waals surface area (Å²) < 4.78 is 5.22. The highest BCUT2D eigenvalue weighted by atomic mass is 16.5. The Morgan fingerprint density at radius 3 is 1.85 bits per heavy atom. The molecule has 0 aliphatic rings. The summed E-state index contributed by atoms with van der Waals surface area (Å²) in [7, 11) is 0. The van der Waals surface area contributed by atoms with E-state index in [2.05, 4.69) is 24.5 Å². The van der Waals surface area contributed by atoms with Crippen LogP contribution >= 0.6 is 0 Å². The van der Waals surface area contributed by atoms with Crippen LogP contribution in [0.25, 0.3) is 0 Å². The SMILES string of the molecule is CC(=O)Nc1ccc(C(=O)O[C@H](C)C(=O)Nc2ccc(C(C)C)cc2)cc1. The van der Waals surface area contributed by atoms with Crippen molar-refractivity contribution in [2.45, 2.75) is 39.7 Å². The van der Waals surface area contributed by atoms with Gasteiger partial charge in [-0.25, -0.2) is 4.79 Å². The minimum Gasteiger partial charge on any atom is -0.449 e. The molecule has 0 radical (unpaired) electrons. The molecular formula is C21H24N2O4. The summed E-state index contributed by atoms with van der Waals surface area (Å²) >= 11 is 0. The van der Waals surface area contributed by atoms with Crippen molar-refractivity contribution < 1.29 is 19.1 Å². The van der Waals surface area contributed by atoms with Crippen LogP contribution < -0.4 is 10.6 Å². The molecule has 0 spiro atoms. The highest BCUT2D eigenvalue weighted by Gasteiger charge is 2.19. The highest BCUT2D eigenvalue weighted by Crippen LogP contribution is 2.17. The van der Waals surface area contributed by atoms with Crippen LogP contribution in [0.2, 0.25) is 0 Å². The zero-order valence-electron chi connectivity index (χ0n) is 15.9. The lowest BCUT2D eigenvalue weighted by Crippen LogP contribution is -2.30. The van der Waals surface area contributed by atoms with Gasteiger partial charge in [-0.05, 0) is 54.8 Å². The van der Waals surface area contributed by atoms with Crippen LogP contribution in [0.15, 0.2) is 48.5 Å². The fourth-order valence-electron chi connectivity index (χ4n) is 2.37. The van der Waals surface area contributed by atoms with Gasteiger partial charge in [0, 0.05) is 18.3 Å². The Balaban J connectivity index is 1.92. The van der Waals surface area contributed by atoms with Crippen molar-refractivity contribution in [2.24, 2.45) is 0 Å². The van der Waals surface area contributed by atoms with E-state index >= 15 is 0 Å². The van der Waals surface area contributed by atoms with Gasteiger partial charge < -0.3 is 15.4 Å². The number of nitrogens with one attached hydrogen (secondary N) is 2. The maximum Gasteiger partial charge on any atom is 0.338 e. The number of benzene rings is 2. The minimum atomic E-state index is -0.947. The Bertz CT molecular complexity index is 811. The Morgan fingerprint density at radius 2 is 1.33 bits per heavy atom. The molecule has 2 aromatic rings. The van der Waals surface area contributed by atoms with E-state index in [9.17, 15) is 14.4 Å². The third kappa shape index (κ3) is 5.95. The molecule has 0 unspecified atom stereocenters. The molecule has 0 bridgehead atoms. The van der Waals surface area contributed by atoms with Gasteiger partial charge in [0.15, 0.2) is 6.10 Å². The maximum absolute atomic E-state index is 12.2. The summed E-state index contributed by atoms with van der Waals surface area (Å²) in [5, 5.41) is 5.34. The minimum absolute atomic E-state index is 0.197. The third-order valence-electron chi connectivity index (χ3n) is 3.94. The standard InChI is InChI=1S/C21H24N2O4/c1-13(2)16-5-9-19(10-6-16)23-20(25)14(3)27-21(26)17-7-11-18(12-8-17)22-15(4)24/h5-14H,1-4H3,(H,22,24)(H,23,25)/t14-/m1/s1. The molecule has 27 heavy (non-hydrogen) atoms. The highest BCUT2D eigenvalue weighted by molar-refractivity contribution is 5.97. The van der Waals surface area contributed by atoms with Crippen molar-refractivity contribution in [1.82, 2.24) is 0 Å². The number of ether oxygens (including phenoxy) is 1. The molecule has 2 aromatic carbocycles. The molecule has 0 saturated heterocycles. The molecule has 0 fully saturated rings. The normalized spacial score (nSPS) is 11.6. The average Bonchev–Trinajstić information content (AvgIpc) is 2.62. The molecule has 0 saturated carbocycles. The molecule has 1 atom stereocenters. The van der Waals surface area contributed by atoms with Gasteiger partial charge in [0.05, 0.1) is 5.56 Å². The number of hydrogen-bond acceptors (Lipinski definition) is 4. The first-order chi connectivity index (χ1) is 12.8. The second-order valence-electron chi connectivity index (χ2n) is 6.57. The number of esters is 1. The van der Waals surface area contributed by atoms with E-state index in [1.165, 1.54) is 31.5 Å². The van der Waals surface area contributed by atoms with E-state index in [-0.39, 0.29) is 5.91 Å². The molecule has 2 amide bonds. The Labute approximate surface area is 158 Å². The zero-order valence-corrected chi connectivity index (χ0v) is 15.9. The quantitative estimate of drug-likeness (QED) is 0.756. The number of rotatable bonds is 6. The first-order valence-electron chi connectivity index (χ1n) is 8.75. The summed E-state index contributed by atoms with van der Waals surface area (Å²) in [6, 6.07) is 13.8. The van der Waals surface area contributed by atoms with Gasteiger partial charge in [-0.15, -0.1) is 0 Å². The van der Waals surface area contributed by atoms with Gasteiger partial charge in [0.25, 0.3) is 5.91 Å². The van der Waals surface area contributed by atoms with Crippen LogP contribution in [0, 0.1) is 0 Å². The molecule has 2 N–H and O–H groups in total. The van der Waals surface area contributed by atoms with Gasteiger partial charge in [-0.3, -0.25) is 9.59 Å². The van der Waals surface area contributed by atoms with Gasteiger partial charge in [0.1, 0.15) is 0 Å². The first-order valence-corrected chi connectivity index (χ1v) is 8.75. The van der Waals surface area contributed by atoms with Crippen molar-refractivity contribution in [3.8, 4) is 0 Å². The summed E-state index contributed by atoms with van der Waals surface area (Å²) in [6.07, 6.45) is -0.947. The second kappa shape index (κ2) is 8.98. The summed E-state index contributed by atoms with van der Waals surface area (Å²) in [5.41, 5.74) is 2.70. The largest absolute Gasteiger partial charge is 0.449 e. The predicted molar refractivity (Wildman–Crippen MR) is 105 cm³/mol. The summed E-state index contributed by atoms with van der Waals surface area (Å²) in [4.78, 5) is 35.4. The summed E-state index contributed by atoms with van der Waals surface area (Å²) in [5.74, 6) is -0.804. The van der Waals surface area contributed by atoms with E-state index in [0.717, 1.165) is 0 Å². The van der Waals surface area contributed by atoms with Crippen molar-refractivity contribution in [3.05, 3.63) is 59.7 Å². The first kappa shape index (κ1) is 20.2. The van der Waals surface area contributed by atoms with Crippen molar-refractivity contribution in [3.63, 3.8) is 0 Å². The topological polar surface area (TPSA) is 84.5 Å². The Morgan fingerprint density at radius 1 is 0.815 bits per heavy atom. The Kier molecular flexibility index (Phi) is 6.71. The van der Waals surface area contributed by atoms with Crippen LogP contribution in [0.1, 0.15) is 49.5 Å². The van der Waals surface area contributed by atoms with Gasteiger partial charge in [-0.1, -0.05) is 26.0 Å². The third-order valence-corrected chi connectivity index (χ3v) is 3.94. The molecule has 6 nitrogen and oxygen atoms in total. The molecule has 142 valence electrons. The zero-order chi connectivity index (χ0) is 20.0. The number of carbonyl (C=O) groups excluding carboxylic acids is 3. The number of amides is 2. The van der Waals surface area contributed by atoms with Crippen molar-refractivity contribution >= 4 is 29.2 Å². The van der Waals surface area contributed by atoms with Crippen LogP contribution in [0.5, 0.6) is 0 Å². The van der Waals surface area contributed by atoms with E-state index in [1.807, 2.05) is 24.3 Å². The lowest BCUT2D eigenvalue weighted by molar-refractivity contribution is -0.123.